The Hall–Kier alpha value is -2.07. The van der Waals surface area contributed by atoms with Crippen molar-refractivity contribution in [3.63, 3.8) is 0 Å². The summed E-state index contributed by atoms with van der Waals surface area (Å²) < 4.78 is 0. The summed E-state index contributed by atoms with van der Waals surface area (Å²) in [5.74, 6) is 0.406. The quantitative estimate of drug-likeness (QED) is 0.817. The van der Waals surface area contributed by atoms with E-state index in [1.54, 1.807) is 12.1 Å². The molecule has 2 rings (SSSR count). The maximum atomic E-state index is 12.3. The lowest BCUT2D eigenvalue weighted by Crippen LogP contribution is -2.13. The van der Waals surface area contributed by atoms with Crippen LogP contribution in [0, 0.1) is 6.92 Å². The molecule has 1 heterocycles. The average molecular weight is 304 g/mol. The van der Waals surface area contributed by atoms with E-state index in [-0.39, 0.29) is 5.91 Å². The Morgan fingerprint density at radius 3 is 2.81 bits per heavy atom. The number of aromatic nitrogens is 1. The number of amides is 1. The highest BCUT2D eigenvalue weighted by Crippen LogP contribution is 2.17. The van der Waals surface area contributed by atoms with Crippen LogP contribution in [-0.4, -0.2) is 17.4 Å². The second-order valence-corrected chi connectivity index (χ2v) is 5.20. The number of nitrogens with zero attached hydrogens (tertiary/aromatic N) is 1. The van der Waals surface area contributed by atoms with Crippen LogP contribution < -0.4 is 10.6 Å². The van der Waals surface area contributed by atoms with E-state index in [9.17, 15) is 4.79 Å². The van der Waals surface area contributed by atoms with Crippen LogP contribution in [0.3, 0.4) is 0 Å². The largest absolute Gasteiger partial charge is 0.370 e. The second kappa shape index (κ2) is 7.09. The number of benzene rings is 1. The van der Waals surface area contributed by atoms with Gasteiger partial charge < -0.3 is 10.6 Å². The van der Waals surface area contributed by atoms with E-state index in [0.29, 0.717) is 16.5 Å². The molecule has 1 aromatic heterocycles. The molecule has 0 aliphatic heterocycles. The van der Waals surface area contributed by atoms with Crippen LogP contribution in [0.5, 0.6) is 0 Å². The molecular weight excluding hydrogens is 286 g/mol. The van der Waals surface area contributed by atoms with Gasteiger partial charge in [-0.1, -0.05) is 30.7 Å². The normalized spacial score (nSPS) is 10.2. The van der Waals surface area contributed by atoms with Crippen molar-refractivity contribution < 1.29 is 4.79 Å². The van der Waals surface area contributed by atoms with Gasteiger partial charge >= 0.3 is 0 Å². The monoisotopic (exact) mass is 303 g/mol. The first-order chi connectivity index (χ1) is 10.1. The molecule has 0 aliphatic carbocycles. The lowest BCUT2D eigenvalue weighted by Gasteiger charge is -2.09. The molecule has 21 heavy (non-hydrogen) atoms. The van der Waals surface area contributed by atoms with Crippen LogP contribution in [-0.2, 0) is 0 Å². The number of nitrogens with one attached hydrogen (secondary N) is 2. The highest BCUT2D eigenvalue weighted by molar-refractivity contribution is 6.30. The zero-order valence-corrected chi connectivity index (χ0v) is 12.9. The van der Waals surface area contributed by atoms with Crippen molar-refractivity contribution in [1.29, 1.82) is 0 Å². The molecule has 0 aliphatic rings. The van der Waals surface area contributed by atoms with Crippen LogP contribution in [0.4, 0.5) is 11.5 Å². The Balaban J connectivity index is 2.16. The van der Waals surface area contributed by atoms with Gasteiger partial charge in [-0.25, -0.2) is 4.98 Å². The molecule has 2 aromatic rings. The van der Waals surface area contributed by atoms with Crippen LogP contribution in [0.2, 0.25) is 5.15 Å². The minimum atomic E-state index is -0.204. The van der Waals surface area contributed by atoms with Crippen LogP contribution in [0.15, 0.2) is 36.4 Å². The summed E-state index contributed by atoms with van der Waals surface area (Å²) in [7, 11) is 0. The maximum absolute atomic E-state index is 12.3. The molecule has 0 radical (unpaired) electrons. The SMILES string of the molecule is CCCNc1cc(C(=O)Nc2cccc(C)c2)cc(Cl)n1. The molecule has 0 spiro atoms. The summed E-state index contributed by atoms with van der Waals surface area (Å²) >= 11 is 5.97. The minimum absolute atomic E-state index is 0.204. The molecule has 0 saturated heterocycles. The zero-order chi connectivity index (χ0) is 15.2. The summed E-state index contributed by atoms with van der Waals surface area (Å²) in [5, 5.41) is 6.28. The summed E-state index contributed by atoms with van der Waals surface area (Å²) in [4.78, 5) is 16.4. The fourth-order valence-corrected chi connectivity index (χ4v) is 2.11. The number of hydrogen-bond donors (Lipinski definition) is 2. The molecule has 0 bridgehead atoms. The van der Waals surface area contributed by atoms with Crippen molar-refractivity contribution in [1.82, 2.24) is 4.98 Å². The molecule has 0 atom stereocenters. The van der Waals surface area contributed by atoms with E-state index in [0.717, 1.165) is 24.2 Å². The summed E-state index contributed by atoms with van der Waals surface area (Å²) in [6.07, 6.45) is 0.971. The Morgan fingerprint density at radius 2 is 2.10 bits per heavy atom. The van der Waals surface area contributed by atoms with Crippen molar-refractivity contribution in [3.05, 3.63) is 52.7 Å². The zero-order valence-electron chi connectivity index (χ0n) is 12.1. The van der Waals surface area contributed by atoms with E-state index >= 15 is 0 Å². The van der Waals surface area contributed by atoms with Crippen molar-refractivity contribution in [2.45, 2.75) is 20.3 Å². The molecular formula is C16H18ClN3O. The molecule has 2 N–H and O–H groups in total. The third-order valence-electron chi connectivity index (χ3n) is 2.89. The number of halogens is 1. The average Bonchev–Trinajstić information content (AvgIpc) is 2.44. The minimum Gasteiger partial charge on any atom is -0.370 e. The first kappa shape index (κ1) is 15.3. The summed E-state index contributed by atoms with van der Waals surface area (Å²) in [6.45, 7) is 4.82. The van der Waals surface area contributed by atoms with Crippen LogP contribution in [0.1, 0.15) is 29.3 Å². The number of rotatable bonds is 5. The number of pyridine rings is 1. The lowest BCUT2D eigenvalue weighted by atomic mass is 10.2. The highest BCUT2D eigenvalue weighted by Gasteiger charge is 2.09. The van der Waals surface area contributed by atoms with Gasteiger partial charge in [-0.05, 0) is 43.2 Å². The van der Waals surface area contributed by atoms with Gasteiger partial charge in [0.25, 0.3) is 5.91 Å². The van der Waals surface area contributed by atoms with Gasteiger partial charge in [0.2, 0.25) is 0 Å². The molecule has 0 unspecified atom stereocenters. The number of carbonyl (C=O) groups excluding carboxylic acids is 1. The fraction of sp³-hybridized carbons (Fsp3) is 0.250. The molecule has 4 nitrogen and oxygen atoms in total. The van der Waals surface area contributed by atoms with Crippen LogP contribution in [0.25, 0.3) is 0 Å². The summed E-state index contributed by atoms with van der Waals surface area (Å²) in [5.41, 5.74) is 2.33. The highest BCUT2D eigenvalue weighted by atomic mass is 35.5. The molecule has 0 fully saturated rings. The second-order valence-electron chi connectivity index (χ2n) is 4.81. The third-order valence-corrected chi connectivity index (χ3v) is 3.08. The van der Waals surface area contributed by atoms with Gasteiger partial charge in [-0.15, -0.1) is 0 Å². The van der Waals surface area contributed by atoms with Gasteiger partial charge in [0.15, 0.2) is 0 Å². The van der Waals surface area contributed by atoms with Gasteiger partial charge in [0.1, 0.15) is 11.0 Å². The molecule has 5 heteroatoms. The Bertz CT molecular complexity index is 643. The van der Waals surface area contributed by atoms with E-state index in [1.165, 1.54) is 0 Å². The Labute approximate surface area is 129 Å². The standard InChI is InChI=1S/C16H18ClN3O/c1-3-7-18-15-10-12(9-14(17)20-15)16(21)19-13-6-4-5-11(2)8-13/h4-6,8-10H,3,7H2,1-2H3,(H,18,20)(H,19,21). The first-order valence-electron chi connectivity index (χ1n) is 6.88. The molecule has 1 amide bonds. The number of carbonyl (C=O) groups is 1. The first-order valence-corrected chi connectivity index (χ1v) is 7.26. The van der Waals surface area contributed by atoms with Gasteiger partial charge in [0.05, 0.1) is 0 Å². The lowest BCUT2D eigenvalue weighted by molar-refractivity contribution is 0.102. The predicted molar refractivity (Wildman–Crippen MR) is 87.2 cm³/mol. The van der Waals surface area contributed by atoms with E-state index < -0.39 is 0 Å². The van der Waals surface area contributed by atoms with E-state index in [1.807, 2.05) is 31.2 Å². The van der Waals surface area contributed by atoms with E-state index in [4.69, 9.17) is 11.6 Å². The summed E-state index contributed by atoms with van der Waals surface area (Å²) in [6, 6.07) is 10.9. The topological polar surface area (TPSA) is 54.0 Å². The van der Waals surface area contributed by atoms with Crippen molar-refractivity contribution in [3.8, 4) is 0 Å². The number of aryl methyl sites for hydroxylation is 1. The van der Waals surface area contributed by atoms with Gasteiger partial charge in [0, 0.05) is 17.8 Å². The molecule has 0 saturated carbocycles. The van der Waals surface area contributed by atoms with Crippen molar-refractivity contribution >= 4 is 29.0 Å². The molecule has 110 valence electrons. The smallest absolute Gasteiger partial charge is 0.255 e. The number of anilines is 2. The predicted octanol–water partition coefficient (Wildman–Crippen LogP) is 4.12. The Kier molecular flexibility index (Phi) is 5.17. The van der Waals surface area contributed by atoms with Crippen molar-refractivity contribution in [2.24, 2.45) is 0 Å². The Morgan fingerprint density at radius 1 is 1.29 bits per heavy atom. The van der Waals surface area contributed by atoms with E-state index in [2.05, 4.69) is 22.5 Å². The maximum Gasteiger partial charge on any atom is 0.255 e. The molecule has 1 aromatic carbocycles. The van der Waals surface area contributed by atoms with Crippen molar-refractivity contribution in [2.75, 3.05) is 17.2 Å². The fourth-order valence-electron chi connectivity index (χ4n) is 1.90. The van der Waals surface area contributed by atoms with Crippen LogP contribution >= 0.6 is 11.6 Å². The van der Waals surface area contributed by atoms with Gasteiger partial charge in [-0.3, -0.25) is 4.79 Å². The number of hydrogen-bond acceptors (Lipinski definition) is 3. The third kappa shape index (κ3) is 4.46. The van der Waals surface area contributed by atoms with Gasteiger partial charge in [-0.2, -0.15) is 0 Å².